The topological polar surface area (TPSA) is 38.0 Å². The number of anilines is 1. The molecular formula is C11H13F3N2. The van der Waals surface area contributed by atoms with Gasteiger partial charge in [-0.15, -0.1) is 0 Å². The van der Waals surface area contributed by atoms with Crippen LogP contribution >= 0.6 is 0 Å². The summed E-state index contributed by atoms with van der Waals surface area (Å²) >= 11 is 0. The number of benzene rings is 1. The third-order valence-electron chi connectivity index (χ3n) is 2.97. The smallest absolute Gasteiger partial charge is 0.384 e. The number of fused-ring (bicyclic) bond motifs is 1. The molecule has 1 aromatic carbocycles. The molecule has 1 heterocycles. The van der Waals surface area contributed by atoms with Gasteiger partial charge in [0.1, 0.15) is 0 Å². The highest BCUT2D eigenvalue weighted by Crippen LogP contribution is 2.37. The van der Waals surface area contributed by atoms with Crippen LogP contribution in [0.3, 0.4) is 0 Å². The Morgan fingerprint density at radius 2 is 2.06 bits per heavy atom. The van der Waals surface area contributed by atoms with E-state index in [2.05, 4.69) is 5.32 Å². The average molecular weight is 230 g/mol. The monoisotopic (exact) mass is 230 g/mol. The van der Waals surface area contributed by atoms with Crippen molar-refractivity contribution in [2.75, 3.05) is 11.9 Å². The summed E-state index contributed by atoms with van der Waals surface area (Å²) in [7, 11) is 0. The van der Waals surface area contributed by atoms with Crippen LogP contribution in [-0.4, -0.2) is 6.54 Å². The first-order valence-electron chi connectivity index (χ1n) is 5.10. The van der Waals surface area contributed by atoms with Crippen LogP contribution in [0.15, 0.2) is 18.2 Å². The van der Waals surface area contributed by atoms with E-state index in [-0.39, 0.29) is 12.0 Å². The Kier molecular flexibility index (Phi) is 2.58. The summed E-state index contributed by atoms with van der Waals surface area (Å²) in [6.45, 7) is 2.61. The van der Waals surface area contributed by atoms with Crippen LogP contribution in [0.2, 0.25) is 0 Å². The lowest BCUT2D eigenvalue weighted by Crippen LogP contribution is -2.31. The summed E-state index contributed by atoms with van der Waals surface area (Å²) in [5, 5.41) is 3.07. The van der Waals surface area contributed by atoms with Crippen molar-refractivity contribution in [2.24, 2.45) is 11.7 Å². The normalized spacial score (nSPS) is 24.8. The predicted octanol–water partition coefficient (Wildman–Crippen LogP) is 2.77. The second kappa shape index (κ2) is 3.66. The molecule has 0 aromatic heterocycles. The summed E-state index contributed by atoms with van der Waals surface area (Å²) in [6.07, 6.45) is -4.31. The number of hydrogen-bond donors (Lipinski definition) is 2. The molecule has 5 heteroatoms. The van der Waals surface area contributed by atoms with Crippen LogP contribution in [0.1, 0.15) is 24.1 Å². The van der Waals surface area contributed by atoms with E-state index < -0.39 is 11.7 Å². The van der Waals surface area contributed by atoms with Crippen molar-refractivity contribution in [1.82, 2.24) is 0 Å². The molecule has 2 nitrogen and oxygen atoms in total. The maximum Gasteiger partial charge on any atom is 0.416 e. The summed E-state index contributed by atoms with van der Waals surface area (Å²) in [6, 6.07) is 3.33. The SMILES string of the molecule is C[C@@H]1CNc2ccc(C(F)(F)F)cc2C1N. The third kappa shape index (κ3) is 1.87. The van der Waals surface area contributed by atoms with Crippen LogP contribution in [0.4, 0.5) is 18.9 Å². The number of nitrogens with one attached hydrogen (secondary N) is 1. The largest absolute Gasteiger partial charge is 0.416 e. The second-order valence-corrected chi connectivity index (χ2v) is 4.18. The molecular weight excluding hydrogens is 217 g/mol. The van der Waals surface area contributed by atoms with Gasteiger partial charge >= 0.3 is 6.18 Å². The lowest BCUT2D eigenvalue weighted by atomic mass is 9.89. The first-order chi connectivity index (χ1) is 7.39. The zero-order chi connectivity index (χ0) is 11.9. The quantitative estimate of drug-likeness (QED) is 0.719. The molecule has 1 aliphatic rings. The van der Waals surface area contributed by atoms with Crippen LogP contribution in [0.25, 0.3) is 0 Å². The number of alkyl halides is 3. The second-order valence-electron chi connectivity index (χ2n) is 4.18. The number of rotatable bonds is 0. The van der Waals surface area contributed by atoms with E-state index in [0.717, 1.165) is 12.1 Å². The van der Waals surface area contributed by atoms with Crippen LogP contribution in [0.5, 0.6) is 0 Å². The van der Waals surface area contributed by atoms with E-state index in [1.165, 1.54) is 6.07 Å². The van der Waals surface area contributed by atoms with Gasteiger partial charge in [0, 0.05) is 18.3 Å². The van der Waals surface area contributed by atoms with Crippen molar-refractivity contribution in [3.63, 3.8) is 0 Å². The third-order valence-corrected chi connectivity index (χ3v) is 2.97. The molecule has 16 heavy (non-hydrogen) atoms. The molecule has 0 spiro atoms. The molecule has 0 aliphatic carbocycles. The molecule has 2 atom stereocenters. The molecule has 2 rings (SSSR count). The molecule has 0 radical (unpaired) electrons. The molecule has 1 aromatic rings. The molecule has 1 unspecified atom stereocenters. The van der Waals surface area contributed by atoms with Gasteiger partial charge in [-0.1, -0.05) is 6.92 Å². The van der Waals surface area contributed by atoms with Gasteiger partial charge in [-0.25, -0.2) is 0 Å². The molecule has 0 saturated carbocycles. The van der Waals surface area contributed by atoms with Crippen molar-refractivity contribution in [2.45, 2.75) is 19.1 Å². The Labute approximate surface area is 91.6 Å². The zero-order valence-corrected chi connectivity index (χ0v) is 8.81. The van der Waals surface area contributed by atoms with Gasteiger partial charge in [0.25, 0.3) is 0 Å². The molecule has 0 bridgehead atoms. The van der Waals surface area contributed by atoms with Crippen molar-refractivity contribution in [1.29, 1.82) is 0 Å². The summed E-state index contributed by atoms with van der Waals surface area (Å²) in [5.74, 6) is 0.135. The summed E-state index contributed by atoms with van der Waals surface area (Å²) in [4.78, 5) is 0. The molecule has 0 amide bonds. The summed E-state index contributed by atoms with van der Waals surface area (Å²) in [5.41, 5.74) is 6.51. The average Bonchev–Trinajstić information content (AvgIpc) is 2.22. The highest BCUT2D eigenvalue weighted by atomic mass is 19.4. The van der Waals surface area contributed by atoms with Crippen molar-refractivity contribution >= 4 is 5.69 Å². The van der Waals surface area contributed by atoms with Gasteiger partial charge in [-0.2, -0.15) is 13.2 Å². The van der Waals surface area contributed by atoms with Crippen molar-refractivity contribution in [3.05, 3.63) is 29.3 Å². The maximum atomic E-state index is 12.5. The van der Waals surface area contributed by atoms with Crippen LogP contribution in [0, 0.1) is 5.92 Å². The fourth-order valence-electron chi connectivity index (χ4n) is 1.88. The van der Waals surface area contributed by atoms with Gasteiger partial charge in [0.05, 0.1) is 5.56 Å². The Balaban J connectivity index is 2.45. The Bertz CT molecular complexity index is 401. The predicted molar refractivity (Wildman–Crippen MR) is 56.0 cm³/mol. The van der Waals surface area contributed by atoms with Crippen LogP contribution in [-0.2, 0) is 6.18 Å². The molecule has 0 saturated heterocycles. The van der Waals surface area contributed by atoms with E-state index >= 15 is 0 Å². The minimum absolute atomic E-state index is 0.135. The standard InChI is InChI=1S/C11H13F3N2/c1-6-5-16-9-3-2-7(11(12,13)14)4-8(9)10(6)15/h2-4,6,10,16H,5,15H2,1H3/t6-,10?/m1/s1. The molecule has 0 fully saturated rings. The Hall–Kier alpha value is -1.23. The number of halogens is 3. The van der Waals surface area contributed by atoms with Gasteiger partial charge in [0.15, 0.2) is 0 Å². The fraction of sp³-hybridized carbons (Fsp3) is 0.455. The van der Waals surface area contributed by atoms with Crippen molar-refractivity contribution in [3.8, 4) is 0 Å². The zero-order valence-electron chi connectivity index (χ0n) is 8.81. The van der Waals surface area contributed by atoms with Crippen LogP contribution < -0.4 is 11.1 Å². The summed E-state index contributed by atoms with van der Waals surface area (Å²) < 4.78 is 37.6. The van der Waals surface area contributed by atoms with E-state index in [0.29, 0.717) is 17.8 Å². The van der Waals surface area contributed by atoms with E-state index in [4.69, 9.17) is 5.73 Å². The minimum Gasteiger partial charge on any atom is -0.384 e. The Morgan fingerprint density at radius 3 is 2.69 bits per heavy atom. The molecule has 1 aliphatic heterocycles. The first kappa shape index (κ1) is 11.3. The lowest BCUT2D eigenvalue weighted by Gasteiger charge is -2.30. The minimum atomic E-state index is -4.31. The van der Waals surface area contributed by atoms with Gasteiger partial charge < -0.3 is 11.1 Å². The first-order valence-corrected chi connectivity index (χ1v) is 5.10. The maximum absolute atomic E-state index is 12.5. The highest BCUT2D eigenvalue weighted by molar-refractivity contribution is 5.56. The van der Waals surface area contributed by atoms with Gasteiger partial charge in [-0.05, 0) is 29.7 Å². The molecule has 3 N–H and O–H groups in total. The highest BCUT2D eigenvalue weighted by Gasteiger charge is 2.33. The Morgan fingerprint density at radius 1 is 1.38 bits per heavy atom. The van der Waals surface area contributed by atoms with E-state index in [1.807, 2.05) is 6.92 Å². The van der Waals surface area contributed by atoms with Gasteiger partial charge in [-0.3, -0.25) is 0 Å². The molecule has 88 valence electrons. The van der Waals surface area contributed by atoms with Crippen molar-refractivity contribution < 1.29 is 13.2 Å². The van der Waals surface area contributed by atoms with Gasteiger partial charge in [0.2, 0.25) is 0 Å². The van der Waals surface area contributed by atoms with E-state index in [9.17, 15) is 13.2 Å². The lowest BCUT2D eigenvalue weighted by molar-refractivity contribution is -0.137. The number of nitrogens with two attached hydrogens (primary N) is 1. The number of hydrogen-bond acceptors (Lipinski definition) is 2. The van der Waals surface area contributed by atoms with E-state index in [1.54, 1.807) is 0 Å². The fourth-order valence-corrected chi connectivity index (χ4v) is 1.88.